The largest absolute Gasteiger partial charge is 0.489 e. The van der Waals surface area contributed by atoms with Crippen LogP contribution in [0.5, 0.6) is 11.5 Å². The Kier molecular flexibility index (Phi) is 12.8. The van der Waals surface area contributed by atoms with Crippen molar-refractivity contribution in [1.29, 1.82) is 0 Å². The third-order valence-corrected chi connectivity index (χ3v) is 5.73. The normalized spacial score (nSPS) is 11.0. The minimum absolute atomic E-state index is 0.0820. The lowest BCUT2D eigenvalue weighted by molar-refractivity contribution is -0.137. The summed E-state index contributed by atoms with van der Waals surface area (Å²) >= 11 is 5.84. The van der Waals surface area contributed by atoms with Gasteiger partial charge in [0.1, 0.15) is 24.7 Å². The van der Waals surface area contributed by atoms with Gasteiger partial charge < -0.3 is 32.4 Å². The van der Waals surface area contributed by atoms with Gasteiger partial charge >= 0.3 is 6.18 Å². The molecule has 4 rings (SSSR count). The smallest absolute Gasteiger partial charge is 0.416 e. The molecule has 14 heteroatoms. The van der Waals surface area contributed by atoms with Gasteiger partial charge in [-0.3, -0.25) is 0 Å². The molecule has 0 bridgehead atoms. The fourth-order valence-corrected chi connectivity index (χ4v) is 3.52. The molecule has 0 saturated carbocycles. The van der Waals surface area contributed by atoms with Gasteiger partial charge in [-0.25, -0.2) is 0 Å². The minimum Gasteiger partial charge on any atom is -0.489 e. The second-order valence-electron chi connectivity index (χ2n) is 9.08. The molecule has 0 atom stereocenters. The van der Waals surface area contributed by atoms with Crippen molar-refractivity contribution in [3.8, 4) is 11.5 Å². The van der Waals surface area contributed by atoms with Gasteiger partial charge in [0.25, 0.3) is 0 Å². The van der Waals surface area contributed by atoms with Gasteiger partial charge in [0.15, 0.2) is 0 Å². The molecule has 45 heavy (non-hydrogen) atoms. The van der Waals surface area contributed by atoms with Crippen LogP contribution in [0.25, 0.3) is 0 Å². The highest BCUT2D eigenvalue weighted by atomic mass is 35.5. The van der Waals surface area contributed by atoms with E-state index in [0.29, 0.717) is 28.5 Å². The Labute approximate surface area is 262 Å². The Hall–Kier alpha value is -5.56. The molecule has 0 aliphatic heterocycles. The first-order chi connectivity index (χ1) is 21.5. The Morgan fingerprint density at radius 2 is 1.07 bits per heavy atom. The summed E-state index contributed by atoms with van der Waals surface area (Å²) in [5.41, 5.74) is 23.2. The molecule has 0 spiro atoms. The topological polar surface area (TPSA) is 172 Å². The highest BCUT2D eigenvalue weighted by Gasteiger charge is 2.29. The van der Waals surface area contributed by atoms with Crippen molar-refractivity contribution in [2.24, 2.45) is 43.3 Å². The standard InChI is InChI=1S/C16H15F3N4O.C15H15ClN4O/c17-16(18,19)13-6-4-11(5-7-13)10-24-14-3-1-2-12(8-14)9-22-23-15(20)21;16-13-6-4-11(5-7-13)10-21-14-3-1-2-12(8-14)9-19-20-15(17)18/h1-9H,10H2,(H4,20,21,23);1-9H,10H2,(H4,17,18,20)/b22-9+;19-9+. The van der Waals surface area contributed by atoms with E-state index >= 15 is 0 Å². The van der Waals surface area contributed by atoms with Crippen LogP contribution in [-0.4, -0.2) is 24.3 Å². The number of alkyl halides is 3. The maximum absolute atomic E-state index is 12.5. The first-order valence-corrected chi connectivity index (χ1v) is 13.5. The Balaban J connectivity index is 0.000000248. The van der Waals surface area contributed by atoms with Gasteiger partial charge in [0.05, 0.1) is 18.0 Å². The first kappa shape index (κ1) is 33.9. The van der Waals surface area contributed by atoms with Crippen LogP contribution in [0, 0.1) is 0 Å². The van der Waals surface area contributed by atoms with Crippen LogP contribution in [0.2, 0.25) is 5.02 Å². The molecule has 0 aliphatic carbocycles. The molecule has 0 aliphatic rings. The number of rotatable bonds is 10. The van der Waals surface area contributed by atoms with E-state index in [0.717, 1.165) is 29.0 Å². The number of guanidine groups is 2. The van der Waals surface area contributed by atoms with E-state index in [1.807, 2.05) is 48.5 Å². The van der Waals surface area contributed by atoms with Crippen molar-refractivity contribution in [3.05, 3.63) is 130 Å². The molecule has 0 radical (unpaired) electrons. The van der Waals surface area contributed by atoms with Crippen LogP contribution in [0.4, 0.5) is 13.2 Å². The summed E-state index contributed by atoms with van der Waals surface area (Å²) in [4.78, 5) is 0. The van der Waals surface area contributed by atoms with E-state index in [1.165, 1.54) is 18.3 Å². The summed E-state index contributed by atoms with van der Waals surface area (Å²) in [7, 11) is 0. The van der Waals surface area contributed by atoms with E-state index in [2.05, 4.69) is 20.4 Å². The third kappa shape index (κ3) is 13.1. The lowest BCUT2D eigenvalue weighted by atomic mass is 10.1. The zero-order chi connectivity index (χ0) is 32.7. The molecule has 0 saturated heterocycles. The number of benzene rings is 4. The molecule has 0 heterocycles. The highest BCUT2D eigenvalue weighted by Crippen LogP contribution is 2.29. The summed E-state index contributed by atoms with van der Waals surface area (Å²) in [5.74, 6) is 1.05. The van der Waals surface area contributed by atoms with E-state index in [9.17, 15) is 13.2 Å². The number of nitrogens with two attached hydrogens (primary N) is 4. The zero-order valence-corrected chi connectivity index (χ0v) is 24.5. The molecule has 0 aromatic heterocycles. The molecular weight excluding hydrogens is 609 g/mol. The Morgan fingerprint density at radius 1 is 0.644 bits per heavy atom. The SMILES string of the molecule is NC(N)=N/N=C/c1cccc(OCc2ccc(C(F)(F)F)cc2)c1.NC(N)=N/N=C/c1cccc(OCc2ccc(Cl)cc2)c1. The second-order valence-corrected chi connectivity index (χ2v) is 9.52. The summed E-state index contributed by atoms with van der Waals surface area (Å²) < 4.78 is 48.8. The summed E-state index contributed by atoms with van der Waals surface area (Å²) in [6.45, 7) is 0.609. The monoisotopic (exact) mass is 638 g/mol. The second kappa shape index (κ2) is 16.9. The fraction of sp³-hybridized carbons (Fsp3) is 0.0968. The van der Waals surface area contributed by atoms with Gasteiger partial charge in [-0.15, -0.1) is 10.2 Å². The number of halogens is 4. The van der Waals surface area contributed by atoms with E-state index in [1.54, 1.807) is 30.5 Å². The fourth-order valence-electron chi connectivity index (χ4n) is 3.40. The van der Waals surface area contributed by atoms with Gasteiger partial charge in [0.2, 0.25) is 11.9 Å². The number of hydrogen-bond acceptors (Lipinski definition) is 6. The first-order valence-electron chi connectivity index (χ1n) is 13.1. The molecule has 10 nitrogen and oxygen atoms in total. The van der Waals surface area contributed by atoms with Crippen LogP contribution in [0.3, 0.4) is 0 Å². The van der Waals surface area contributed by atoms with Crippen molar-refractivity contribution in [1.82, 2.24) is 0 Å². The molecule has 8 N–H and O–H groups in total. The van der Waals surface area contributed by atoms with Crippen molar-refractivity contribution in [2.75, 3.05) is 0 Å². The quantitative estimate of drug-likeness (QED) is 0.103. The van der Waals surface area contributed by atoms with Gasteiger partial charge in [-0.2, -0.15) is 23.4 Å². The minimum atomic E-state index is -4.34. The summed E-state index contributed by atoms with van der Waals surface area (Å²) in [6.07, 6.45) is -1.35. The Morgan fingerprint density at radius 3 is 1.47 bits per heavy atom. The predicted molar refractivity (Wildman–Crippen MR) is 171 cm³/mol. The van der Waals surface area contributed by atoms with Crippen LogP contribution >= 0.6 is 11.6 Å². The number of nitrogens with zero attached hydrogens (tertiary/aromatic N) is 4. The molecule has 4 aromatic carbocycles. The summed E-state index contributed by atoms with van der Waals surface area (Å²) in [6, 6.07) is 26.7. The van der Waals surface area contributed by atoms with E-state index in [4.69, 9.17) is 44.0 Å². The van der Waals surface area contributed by atoms with Crippen LogP contribution in [0.15, 0.2) is 117 Å². The molecule has 234 valence electrons. The van der Waals surface area contributed by atoms with Crippen LogP contribution in [0.1, 0.15) is 27.8 Å². The van der Waals surface area contributed by atoms with Crippen molar-refractivity contribution in [2.45, 2.75) is 19.4 Å². The lowest BCUT2D eigenvalue weighted by Gasteiger charge is -2.09. The van der Waals surface area contributed by atoms with Gasteiger partial charge in [-0.1, -0.05) is 60.1 Å². The molecule has 0 amide bonds. The lowest BCUT2D eigenvalue weighted by Crippen LogP contribution is -2.21. The molecule has 0 unspecified atom stereocenters. The Bertz CT molecular complexity index is 1630. The van der Waals surface area contributed by atoms with Gasteiger partial charge in [-0.05, 0) is 70.8 Å². The van der Waals surface area contributed by atoms with Crippen molar-refractivity contribution >= 4 is 35.9 Å². The maximum atomic E-state index is 12.5. The zero-order valence-electron chi connectivity index (χ0n) is 23.7. The molecule has 0 fully saturated rings. The highest BCUT2D eigenvalue weighted by molar-refractivity contribution is 6.30. The van der Waals surface area contributed by atoms with Crippen molar-refractivity contribution in [3.63, 3.8) is 0 Å². The van der Waals surface area contributed by atoms with E-state index < -0.39 is 11.7 Å². The average Bonchev–Trinajstić information content (AvgIpc) is 3.00. The average molecular weight is 639 g/mol. The predicted octanol–water partition coefficient (Wildman–Crippen LogP) is 5.42. The van der Waals surface area contributed by atoms with Gasteiger partial charge in [0, 0.05) is 5.02 Å². The van der Waals surface area contributed by atoms with Crippen LogP contribution < -0.4 is 32.4 Å². The van der Waals surface area contributed by atoms with E-state index in [-0.39, 0.29) is 18.5 Å². The summed E-state index contributed by atoms with van der Waals surface area (Å²) in [5, 5.41) is 15.2. The van der Waals surface area contributed by atoms with Crippen molar-refractivity contribution < 1.29 is 22.6 Å². The maximum Gasteiger partial charge on any atom is 0.416 e. The number of ether oxygens (including phenoxy) is 2. The molecule has 4 aromatic rings. The third-order valence-electron chi connectivity index (χ3n) is 5.48. The van der Waals surface area contributed by atoms with Crippen LogP contribution in [-0.2, 0) is 19.4 Å². The number of hydrogen-bond donors (Lipinski definition) is 4. The molecular formula is C31H30ClF3N8O2.